The Labute approximate surface area is 104 Å². The molecule has 2 heterocycles. The molecule has 1 aromatic rings. The van der Waals surface area contributed by atoms with Crippen molar-refractivity contribution in [2.45, 2.75) is 17.2 Å². The van der Waals surface area contributed by atoms with Crippen LogP contribution in [-0.4, -0.2) is 27.5 Å². The minimum atomic E-state index is -3.58. The topological polar surface area (TPSA) is 96.6 Å². The third-order valence-corrected chi connectivity index (χ3v) is 4.77. The third-order valence-electron chi connectivity index (χ3n) is 2.24. The molecular weight excluding hydrogens is 260 g/mol. The molecule has 0 aromatic carbocycles. The lowest BCUT2D eigenvalue weighted by molar-refractivity contribution is 0.600. The monoisotopic (exact) mass is 274 g/mol. The molecule has 6 nitrogen and oxygen atoms in total. The number of aliphatic imine (C=N–C) groups is 1. The zero-order valence-electron chi connectivity index (χ0n) is 9.14. The van der Waals surface area contributed by atoms with E-state index in [0.29, 0.717) is 6.54 Å². The summed E-state index contributed by atoms with van der Waals surface area (Å²) in [6.07, 6.45) is 1.04. The van der Waals surface area contributed by atoms with E-state index in [2.05, 4.69) is 15.6 Å². The summed E-state index contributed by atoms with van der Waals surface area (Å²) in [6.45, 7) is 2.28. The number of nitrogens with two attached hydrogens (primary N) is 1. The first-order valence-electron chi connectivity index (χ1n) is 5.19. The average Bonchev–Trinajstić information content (AvgIpc) is 2.76. The van der Waals surface area contributed by atoms with Gasteiger partial charge in [0.25, 0.3) is 0 Å². The van der Waals surface area contributed by atoms with Gasteiger partial charge in [0.15, 0.2) is 5.96 Å². The lowest BCUT2D eigenvalue weighted by Gasteiger charge is -2.15. The number of nitrogens with zero attached hydrogens (tertiary/aromatic N) is 1. The Morgan fingerprint density at radius 2 is 2.35 bits per heavy atom. The first-order chi connectivity index (χ1) is 8.05. The van der Waals surface area contributed by atoms with E-state index in [4.69, 9.17) is 5.14 Å². The highest BCUT2D eigenvalue weighted by molar-refractivity contribution is 7.91. The zero-order valence-corrected chi connectivity index (χ0v) is 10.8. The van der Waals surface area contributed by atoms with Gasteiger partial charge in [0, 0.05) is 18.0 Å². The van der Waals surface area contributed by atoms with Crippen LogP contribution in [0.3, 0.4) is 0 Å². The van der Waals surface area contributed by atoms with Gasteiger partial charge in [-0.15, -0.1) is 11.3 Å². The molecule has 1 aliphatic heterocycles. The van der Waals surface area contributed by atoms with Crippen LogP contribution in [-0.2, 0) is 16.6 Å². The smallest absolute Gasteiger partial charge is 0.247 e. The van der Waals surface area contributed by atoms with Crippen LogP contribution in [0.15, 0.2) is 21.3 Å². The Hall–Kier alpha value is -1.12. The molecule has 1 aromatic heterocycles. The molecule has 8 heteroatoms. The Bertz CT molecular complexity index is 521. The highest BCUT2D eigenvalue weighted by atomic mass is 32.2. The van der Waals surface area contributed by atoms with Crippen LogP contribution < -0.4 is 15.8 Å². The second-order valence-electron chi connectivity index (χ2n) is 3.63. The fourth-order valence-corrected chi connectivity index (χ4v) is 3.15. The van der Waals surface area contributed by atoms with Gasteiger partial charge in [0.1, 0.15) is 4.21 Å². The molecule has 94 valence electrons. The molecule has 0 atom stereocenters. The first kappa shape index (κ1) is 12.3. The maximum absolute atomic E-state index is 11.1. The molecule has 0 radical (unpaired) electrons. The van der Waals surface area contributed by atoms with Crippen LogP contribution >= 0.6 is 11.3 Å². The lowest BCUT2D eigenvalue weighted by Crippen LogP contribution is -2.40. The summed E-state index contributed by atoms with van der Waals surface area (Å²) in [4.78, 5) is 5.16. The number of nitrogens with one attached hydrogen (secondary N) is 2. The average molecular weight is 274 g/mol. The molecule has 0 aliphatic carbocycles. The number of hydrogen-bond acceptors (Lipinski definition) is 6. The maximum Gasteiger partial charge on any atom is 0.247 e. The van der Waals surface area contributed by atoms with E-state index < -0.39 is 10.0 Å². The molecule has 4 N–H and O–H groups in total. The van der Waals surface area contributed by atoms with Crippen molar-refractivity contribution in [3.63, 3.8) is 0 Å². The van der Waals surface area contributed by atoms with Gasteiger partial charge in [0.05, 0.1) is 6.54 Å². The maximum atomic E-state index is 11.1. The van der Waals surface area contributed by atoms with Crippen LogP contribution in [0.1, 0.15) is 11.3 Å². The van der Waals surface area contributed by atoms with E-state index in [1.54, 1.807) is 6.07 Å². The summed E-state index contributed by atoms with van der Waals surface area (Å²) < 4.78 is 22.4. The Balaban J connectivity index is 1.95. The standard InChI is InChI=1S/C9H14N4O2S2/c10-17(14,15)8-3-2-7(16-8)6-13-9-11-4-1-5-12-9/h2-3H,1,4-6H2,(H2,10,14,15)(H2,11,12,13). The quantitative estimate of drug-likeness (QED) is 0.713. The number of guanidine groups is 1. The van der Waals surface area contributed by atoms with Crippen LogP contribution in [0.25, 0.3) is 0 Å². The lowest BCUT2D eigenvalue weighted by atomic mass is 10.4. The van der Waals surface area contributed by atoms with Crippen LogP contribution in [0.2, 0.25) is 0 Å². The fraction of sp³-hybridized carbons (Fsp3) is 0.444. The number of sulfonamides is 1. The summed E-state index contributed by atoms with van der Waals surface area (Å²) >= 11 is 1.17. The van der Waals surface area contributed by atoms with Crippen LogP contribution in [0.5, 0.6) is 0 Å². The van der Waals surface area contributed by atoms with Crippen molar-refractivity contribution in [1.29, 1.82) is 0 Å². The van der Waals surface area contributed by atoms with E-state index in [-0.39, 0.29) is 4.21 Å². The van der Waals surface area contributed by atoms with Crippen molar-refractivity contribution in [2.24, 2.45) is 10.1 Å². The van der Waals surface area contributed by atoms with E-state index in [9.17, 15) is 8.42 Å². The highest BCUT2D eigenvalue weighted by Gasteiger charge is 2.11. The summed E-state index contributed by atoms with van der Waals surface area (Å²) in [5.41, 5.74) is 0. The van der Waals surface area contributed by atoms with Gasteiger partial charge < -0.3 is 10.6 Å². The van der Waals surface area contributed by atoms with E-state index in [0.717, 1.165) is 30.3 Å². The van der Waals surface area contributed by atoms with E-state index in [1.165, 1.54) is 17.4 Å². The largest absolute Gasteiger partial charge is 0.356 e. The molecule has 0 bridgehead atoms. The molecule has 1 aliphatic rings. The highest BCUT2D eigenvalue weighted by Crippen LogP contribution is 2.19. The normalized spacial score (nSPS) is 16.2. The van der Waals surface area contributed by atoms with Crippen molar-refractivity contribution in [1.82, 2.24) is 10.6 Å². The number of rotatable bonds is 3. The number of primary sulfonamides is 1. The van der Waals surface area contributed by atoms with Crippen LogP contribution in [0.4, 0.5) is 0 Å². The SMILES string of the molecule is NS(=O)(=O)c1ccc(CNC2=NCCCN2)s1. The molecule has 17 heavy (non-hydrogen) atoms. The fourth-order valence-electron chi connectivity index (χ4n) is 1.43. The molecule has 2 rings (SSSR count). The van der Waals surface area contributed by atoms with Crippen molar-refractivity contribution in [3.05, 3.63) is 17.0 Å². The molecule has 0 spiro atoms. The van der Waals surface area contributed by atoms with Crippen molar-refractivity contribution >= 4 is 27.3 Å². The Morgan fingerprint density at radius 3 is 2.94 bits per heavy atom. The summed E-state index contributed by atoms with van der Waals surface area (Å²) in [6, 6.07) is 3.27. The molecule has 0 saturated heterocycles. The van der Waals surface area contributed by atoms with Gasteiger partial charge in [-0.25, -0.2) is 13.6 Å². The molecular formula is C9H14N4O2S2. The second-order valence-corrected chi connectivity index (χ2v) is 6.59. The van der Waals surface area contributed by atoms with E-state index in [1.807, 2.05) is 0 Å². The van der Waals surface area contributed by atoms with Gasteiger partial charge in [-0.3, -0.25) is 4.99 Å². The molecule has 0 amide bonds. The summed E-state index contributed by atoms with van der Waals surface area (Å²) in [7, 11) is -3.58. The van der Waals surface area contributed by atoms with Gasteiger partial charge in [-0.2, -0.15) is 0 Å². The Morgan fingerprint density at radius 1 is 1.53 bits per heavy atom. The molecule has 0 fully saturated rings. The minimum absolute atomic E-state index is 0.188. The minimum Gasteiger partial charge on any atom is -0.356 e. The predicted octanol–water partition coefficient (Wildman–Crippen LogP) is -0.166. The van der Waals surface area contributed by atoms with E-state index >= 15 is 0 Å². The first-order valence-corrected chi connectivity index (χ1v) is 7.56. The zero-order chi connectivity index (χ0) is 12.3. The third kappa shape index (κ3) is 3.42. The number of thiophene rings is 1. The summed E-state index contributed by atoms with van der Waals surface area (Å²) in [5.74, 6) is 0.766. The van der Waals surface area contributed by atoms with Gasteiger partial charge in [0.2, 0.25) is 10.0 Å². The second kappa shape index (κ2) is 5.03. The van der Waals surface area contributed by atoms with Crippen LogP contribution in [0, 0.1) is 0 Å². The molecule has 0 unspecified atom stereocenters. The molecule has 0 saturated carbocycles. The van der Waals surface area contributed by atoms with Crippen molar-refractivity contribution in [3.8, 4) is 0 Å². The van der Waals surface area contributed by atoms with Gasteiger partial charge in [-0.05, 0) is 18.6 Å². The predicted molar refractivity (Wildman–Crippen MR) is 67.5 cm³/mol. The van der Waals surface area contributed by atoms with Crippen molar-refractivity contribution in [2.75, 3.05) is 13.1 Å². The van der Waals surface area contributed by atoms with Gasteiger partial charge in [-0.1, -0.05) is 0 Å². The number of hydrogen-bond donors (Lipinski definition) is 3. The van der Waals surface area contributed by atoms with Crippen molar-refractivity contribution < 1.29 is 8.42 Å². The summed E-state index contributed by atoms with van der Waals surface area (Å²) in [5, 5.41) is 11.3. The van der Waals surface area contributed by atoms with Gasteiger partial charge >= 0.3 is 0 Å². The Kier molecular flexibility index (Phi) is 3.65.